The van der Waals surface area contributed by atoms with Crippen LogP contribution in [0.5, 0.6) is 5.75 Å². The maximum absolute atomic E-state index is 12.8. The van der Waals surface area contributed by atoms with Gasteiger partial charge in [-0.25, -0.2) is 9.48 Å². The molecule has 1 aromatic heterocycles. The van der Waals surface area contributed by atoms with Gasteiger partial charge in [-0.1, -0.05) is 18.2 Å². The summed E-state index contributed by atoms with van der Waals surface area (Å²) in [5, 5.41) is 7.48. The lowest BCUT2D eigenvalue weighted by Gasteiger charge is -2.32. The van der Waals surface area contributed by atoms with Crippen LogP contribution in [0.3, 0.4) is 0 Å². The van der Waals surface area contributed by atoms with E-state index in [9.17, 15) is 9.59 Å². The van der Waals surface area contributed by atoms with Crippen molar-refractivity contribution in [2.75, 3.05) is 26.8 Å². The number of nitrogens with zero attached hydrogens (tertiary/aromatic N) is 3. The summed E-state index contributed by atoms with van der Waals surface area (Å²) in [6.07, 6.45) is 3.32. The minimum atomic E-state index is -0.388. The summed E-state index contributed by atoms with van der Waals surface area (Å²) in [5.41, 5.74) is 3.69. The smallest absolute Gasteiger partial charge is 0.341 e. The van der Waals surface area contributed by atoms with E-state index in [1.165, 1.54) is 11.8 Å². The van der Waals surface area contributed by atoms with Crippen LogP contribution in [0, 0.1) is 6.92 Å². The van der Waals surface area contributed by atoms with Crippen molar-refractivity contribution in [3.05, 3.63) is 77.1 Å². The fraction of sp³-hybridized carbons (Fsp3) is 0.370. The zero-order chi connectivity index (χ0) is 24.8. The molecule has 4 rings (SSSR count). The van der Waals surface area contributed by atoms with Gasteiger partial charge in [-0.2, -0.15) is 5.10 Å². The van der Waals surface area contributed by atoms with E-state index < -0.39 is 0 Å². The third-order valence-electron chi connectivity index (χ3n) is 6.39. The molecule has 184 valence electrons. The Kier molecular flexibility index (Phi) is 7.82. The molecule has 0 unspecified atom stereocenters. The van der Waals surface area contributed by atoms with Gasteiger partial charge in [-0.05, 0) is 57.0 Å². The summed E-state index contributed by atoms with van der Waals surface area (Å²) in [6, 6.07) is 15.5. The van der Waals surface area contributed by atoms with Crippen molar-refractivity contribution in [1.82, 2.24) is 20.0 Å². The van der Waals surface area contributed by atoms with Crippen molar-refractivity contribution >= 4 is 11.9 Å². The van der Waals surface area contributed by atoms with Gasteiger partial charge in [-0.3, -0.25) is 9.69 Å². The number of ether oxygens (including phenoxy) is 2. The normalized spacial score (nSPS) is 14.5. The highest BCUT2D eigenvalue weighted by molar-refractivity contribution is 5.94. The van der Waals surface area contributed by atoms with Gasteiger partial charge in [0, 0.05) is 36.8 Å². The summed E-state index contributed by atoms with van der Waals surface area (Å²) >= 11 is 0. The summed E-state index contributed by atoms with van der Waals surface area (Å²) < 4.78 is 12.2. The fourth-order valence-electron chi connectivity index (χ4n) is 4.41. The molecule has 0 radical (unpaired) electrons. The van der Waals surface area contributed by atoms with Gasteiger partial charge >= 0.3 is 5.97 Å². The average Bonchev–Trinajstić information content (AvgIpc) is 3.27. The maximum Gasteiger partial charge on any atom is 0.341 e. The van der Waals surface area contributed by atoms with Crippen LogP contribution in [0.15, 0.2) is 54.7 Å². The molecule has 1 amide bonds. The number of hydrogen-bond acceptors (Lipinski definition) is 6. The first kappa shape index (κ1) is 24.5. The Morgan fingerprint density at radius 2 is 1.80 bits per heavy atom. The van der Waals surface area contributed by atoms with E-state index in [1.54, 1.807) is 30.8 Å². The Balaban J connectivity index is 1.31. The number of likely N-dealkylation sites (tertiary alicyclic amines) is 1. The van der Waals surface area contributed by atoms with E-state index in [-0.39, 0.29) is 17.9 Å². The molecule has 0 spiro atoms. The number of piperidine rings is 1. The molecule has 8 nitrogen and oxygen atoms in total. The quantitative estimate of drug-likeness (QED) is 0.499. The van der Waals surface area contributed by atoms with Gasteiger partial charge in [0.1, 0.15) is 11.3 Å². The first-order chi connectivity index (χ1) is 17.0. The van der Waals surface area contributed by atoms with Gasteiger partial charge in [0.25, 0.3) is 5.91 Å². The number of carbonyl (C=O) groups excluding carboxylic acids is 2. The molecule has 0 bridgehead atoms. The number of benzene rings is 2. The lowest BCUT2D eigenvalue weighted by Crippen LogP contribution is -2.44. The van der Waals surface area contributed by atoms with E-state index in [0.29, 0.717) is 23.4 Å². The topological polar surface area (TPSA) is 85.7 Å². The zero-order valence-corrected chi connectivity index (χ0v) is 20.5. The highest BCUT2D eigenvalue weighted by Crippen LogP contribution is 2.22. The van der Waals surface area contributed by atoms with Crippen molar-refractivity contribution in [1.29, 1.82) is 0 Å². The molecule has 0 aliphatic carbocycles. The molecule has 1 aliphatic rings. The van der Waals surface area contributed by atoms with Crippen molar-refractivity contribution in [3.8, 4) is 11.4 Å². The van der Waals surface area contributed by atoms with Gasteiger partial charge in [0.15, 0.2) is 0 Å². The van der Waals surface area contributed by atoms with Crippen molar-refractivity contribution < 1.29 is 19.1 Å². The van der Waals surface area contributed by atoms with Crippen LogP contribution in [0.1, 0.15) is 51.7 Å². The van der Waals surface area contributed by atoms with Gasteiger partial charge in [0.05, 0.1) is 31.3 Å². The van der Waals surface area contributed by atoms with Crippen molar-refractivity contribution in [2.45, 2.75) is 39.3 Å². The number of nitrogens with one attached hydrogen (secondary N) is 1. The molecule has 0 atom stereocenters. The first-order valence-corrected chi connectivity index (χ1v) is 12.0. The van der Waals surface area contributed by atoms with E-state index >= 15 is 0 Å². The van der Waals surface area contributed by atoms with Crippen LogP contribution in [-0.4, -0.2) is 59.4 Å². The second-order valence-electron chi connectivity index (χ2n) is 8.66. The summed E-state index contributed by atoms with van der Waals surface area (Å²) in [6.45, 7) is 6.59. The highest BCUT2D eigenvalue weighted by atomic mass is 16.5. The number of carbonyl (C=O) groups is 2. The Morgan fingerprint density at radius 1 is 1.09 bits per heavy atom. The lowest BCUT2D eigenvalue weighted by molar-refractivity contribution is 0.0525. The number of hydrogen-bond donors (Lipinski definition) is 1. The summed E-state index contributed by atoms with van der Waals surface area (Å²) in [4.78, 5) is 27.3. The van der Waals surface area contributed by atoms with Crippen molar-refractivity contribution in [3.63, 3.8) is 0 Å². The van der Waals surface area contributed by atoms with Gasteiger partial charge in [-0.15, -0.1) is 0 Å². The third kappa shape index (κ3) is 5.71. The molecule has 2 heterocycles. The molecule has 1 saturated heterocycles. The molecule has 2 aromatic carbocycles. The molecular formula is C27H32N4O4. The fourth-order valence-corrected chi connectivity index (χ4v) is 4.41. The maximum atomic E-state index is 12.8. The third-order valence-corrected chi connectivity index (χ3v) is 6.39. The predicted molar refractivity (Wildman–Crippen MR) is 133 cm³/mol. The Morgan fingerprint density at radius 3 is 2.49 bits per heavy atom. The van der Waals surface area contributed by atoms with Gasteiger partial charge in [0.2, 0.25) is 0 Å². The number of methoxy groups -OCH3 is 1. The van der Waals surface area contributed by atoms with E-state index in [1.807, 2.05) is 37.3 Å². The number of esters is 1. The zero-order valence-electron chi connectivity index (χ0n) is 20.5. The molecular weight excluding hydrogens is 444 g/mol. The van der Waals surface area contributed by atoms with Crippen LogP contribution in [-0.2, 0) is 11.3 Å². The minimum Gasteiger partial charge on any atom is -0.496 e. The van der Waals surface area contributed by atoms with E-state index in [0.717, 1.165) is 43.9 Å². The standard InChI is InChI=1S/C27H32N4O4/c1-4-35-27(33)24-17-28-31(19(24)2)23-11-9-20(10-12-23)26(32)29-22-13-15-30(16-14-22)18-21-7-5-6-8-25(21)34-3/h5-12,17,22H,4,13-16,18H2,1-3H3,(H,29,32). The molecule has 8 heteroatoms. The number of amides is 1. The predicted octanol–water partition coefficient (Wildman–Crippen LogP) is 3.76. The van der Waals surface area contributed by atoms with Crippen LogP contribution >= 0.6 is 0 Å². The Labute approximate surface area is 205 Å². The second-order valence-corrected chi connectivity index (χ2v) is 8.66. The average molecular weight is 477 g/mol. The minimum absolute atomic E-state index is 0.0795. The number of para-hydroxylation sites is 1. The molecule has 1 N–H and O–H groups in total. The molecule has 3 aromatic rings. The first-order valence-electron chi connectivity index (χ1n) is 12.0. The van der Waals surface area contributed by atoms with E-state index in [2.05, 4.69) is 21.4 Å². The highest BCUT2D eigenvalue weighted by Gasteiger charge is 2.22. The van der Waals surface area contributed by atoms with Gasteiger partial charge < -0.3 is 14.8 Å². The number of rotatable bonds is 8. The van der Waals surface area contributed by atoms with Crippen LogP contribution in [0.2, 0.25) is 0 Å². The monoisotopic (exact) mass is 476 g/mol. The van der Waals surface area contributed by atoms with Crippen LogP contribution in [0.25, 0.3) is 5.69 Å². The molecule has 1 aliphatic heterocycles. The summed E-state index contributed by atoms with van der Waals surface area (Å²) in [5.74, 6) is 0.444. The summed E-state index contributed by atoms with van der Waals surface area (Å²) in [7, 11) is 1.70. The van der Waals surface area contributed by atoms with Crippen molar-refractivity contribution in [2.24, 2.45) is 0 Å². The van der Waals surface area contributed by atoms with E-state index in [4.69, 9.17) is 9.47 Å². The SMILES string of the molecule is CCOC(=O)c1cnn(-c2ccc(C(=O)NC3CCN(Cc4ccccc4OC)CC3)cc2)c1C. The van der Waals surface area contributed by atoms with Crippen LogP contribution in [0.4, 0.5) is 0 Å². The lowest BCUT2D eigenvalue weighted by atomic mass is 10.0. The molecule has 0 saturated carbocycles. The Hall–Kier alpha value is -3.65. The second kappa shape index (κ2) is 11.2. The molecule has 35 heavy (non-hydrogen) atoms. The number of aromatic nitrogens is 2. The van der Waals surface area contributed by atoms with Crippen LogP contribution < -0.4 is 10.1 Å². The largest absolute Gasteiger partial charge is 0.496 e. The molecule has 1 fully saturated rings. The Bertz CT molecular complexity index is 1160.